The molecule has 3 nitrogen and oxygen atoms in total. The molecule has 0 unspecified atom stereocenters. The Hall–Kier alpha value is -1.77. The summed E-state index contributed by atoms with van der Waals surface area (Å²) in [5.41, 5.74) is -3.41. The van der Waals surface area contributed by atoms with Gasteiger partial charge < -0.3 is 10.6 Å². The van der Waals surface area contributed by atoms with Crippen molar-refractivity contribution in [2.45, 2.75) is 38.2 Å². The highest BCUT2D eigenvalue weighted by molar-refractivity contribution is 5.92. The molecular formula is C15H16F6N2O. The van der Waals surface area contributed by atoms with Gasteiger partial charge in [-0.2, -0.15) is 26.3 Å². The lowest BCUT2D eigenvalue weighted by atomic mass is 9.92. The van der Waals surface area contributed by atoms with E-state index in [2.05, 4.69) is 10.6 Å². The number of hydrogen-bond donors (Lipinski definition) is 2. The smallest absolute Gasteiger partial charge is 0.326 e. The van der Waals surface area contributed by atoms with E-state index in [0.717, 1.165) is 0 Å². The lowest BCUT2D eigenvalue weighted by Crippen LogP contribution is -2.40. The van der Waals surface area contributed by atoms with Gasteiger partial charge in [0.05, 0.1) is 11.1 Å². The Morgan fingerprint density at radius 2 is 1.62 bits per heavy atom. The lowest BCUT2D eigenvalue weighted by molar-refractivity contribution is -0.143. The third kappa shape index (κ3) is 4.62. The van der Waals surface area contributed by atoms with Gasteiger partial charge >= 0.3 is 12.4 Å². The van der Waals surface area contributed by atoms with Crippen LogP contribution in [0.2, 0.25) is 0 Å². The van der Waals surface area contributed by atoms with E-state index in [4.69, 9.17) is 0 Å². The molecule has 0 spiro atoms. The van der Waals surface area contributed by atoms with Crippen LogP contribution >= 0.6 is 0 Å². The highest BCUT2D eigenvalue weighted by Crippen LogP contribution is 2.37. The monoisotopic (exact) mass is 354 g/mol. The van der Waals surface area contributed by atoms with Crippen LogP contribution in [0.4, 0.5) is 32.0 Å². The number of amides is 1. The molecule has 1 amide bonds. The second-order valence-corrected chi connectivity index (χ2v) is 5.86. The van der Waals surface area contributed by atoms with Crippen molar-refractivity contribution >= 4 is 11.6 Å². The van der Waals surface area contributed by atoms with Gasteiger partial charge in [-0.05, 0) is 44.5 Å². The average Bonchev–Trinajstić information content (AvgIpc) is 2.45. The van der Waals surface area contributed by atoms with Crippen LogP contribution in [-0.2, 0) is 17.1 Å². The van der Waals surface area contributed by atoms with Crippen LogP contribution in [-0.4, -0.2) is 18.5 Å². The summed E-state index contributed by atoms with van der Waals surface area (Å²) < 4.78 is 76.7. The molecule has 1 fully saturated rings. The SMILES string of the molecule is C[C@H]1C[C@@H](C(=O)Nc2cc(C(F)(F)F)cc(C(F)(F)F)c2)CCN1. The number of piperidine rings is 1. The highest BCUT2D eigenvalue weighted by atomic mass is 19.4. The van der Waals surface area contributed by atoms with Crippen molar-refractivity contribution in [3.8, 4) is 0 Å². The average molecular weight is 354 g/mol. The number of rotatable bonds is 2. The molecule has 1 heterocycles. The normalized spacial score (nSPS) is 22.3. The fourth-order valence-corrected chi connectivity index (χ4v) is 2.64. The molecule has 1 aromatic carbocycles. The summed E-state index contributed by atoms with van der Waals surface area (Å²) in [4.78, 5) is 12.1. The Morgan fingerprint density at radius 1 is 1.08 bits per heavy atom. The van der Waals surface area contributed by atoms with Crippen molar-refractivity contribution in [1.82, 2.24) is 5.32 Å². The van der Waals surface area contributed by atoms with Gasteiger partial charge in [-0.1, -0.05) is 0 Å². The van der Waals surface area contributed by atoms with Crippen LogP contribution in [0.3, 0.4) is 0 Å². The fraction of sp³-hybridized carbons (Fsp3) is 0.533. The van der Waals surface area contributed by atoms with Crippen molar-refractivity contribution in [3.63, 3.8) is 0 Å². The fourth-order valence-electron chi connectivity index (χ4n) is 2.64. The molecule has 0 saturated carbocycles. The number of nitrogens with one attached hydrogen (secondary N) is 2. The number of alkyl halides is 6. The van der Waals surface area contributed by atoms with Gasteiger partial charge in [0.25, 0.3) is 0 Å². The third-order valence-electron chi connectivity index (χ3n) is 3.85. The largest absolute Gasteiger partial charge is 0.416 e. The van der Waals surface area contributed by atoms with Crippen LogP contribution in [0.1, 0.15) is 30.9 Å². The summed E-state index contributed by atoms with van der Waals surface area (Å²) in [5, 5.41) is 5.30. The van der Waals surface area contributed by atoms with Crippen molar-refractivity contribution in [1.29, 1.82) is 0 Å². The molecule has 1 aromatic rings. The first-order valence-corrected chi connectivity index (χ1v) is 7.30. The molecule has 0 radical (unpaired) electrons. The molecule has 1 saturated heterocycles. The molecule has 24 heavy (non-hydrogen) atoms. The van der Waals surface area contributed by atoms with Crippen molar-refractivity contribution in [3.05, 3.63) is 29.3 Å². The lowest BCUT2D eigenvalue weighted by Gasteiger charge is -2.27. The van der Waals surface area contributed by atoms with Gasteiger partial charge in [-0.25, -0.2) is 0 Å². The minimum absolute atomic E-state index is 0.0300. The van der Waals surface area contributed by atoms with E-state index in [0.29, 0.717) is 31.5 Å². The second-order valence-electron chi connectivity index (χ2n) is 5.86. The van der Waals surface area contributed by atoms with Gasteiger partial charge in [-0.15, -0.1) is 0 Å². The van der Waals surface area contributed by atoms with Gasteiger partial charge in [-0.3, -0.25) is 4.79 Å². The maximum Gasteiger partial charge on any atom is 0.416 e. The molecule has 1 aliphatic heterocycles. The summed E-state index contributed by atoms with van der Waals surface area (Å²) >= 11 is 0. The first kappa shape index (κ1) is 18.6. The van der Waals surface area contributed by atoms with Crippen LogP contribution in [0, 0.1) is 5.92 Å². The summed E-state index contributed by atoms with van der Waals surface area (Å²) in [6, 6.07) is 1.11. The second kappa shape index (κ2) is 6.62. The Kier molecular flexibility index (Phi) is 5.12. The third-order valence-corrected chi connectivity index (χ3v) is 3.85. The quantitative estimate of drug-likeness (QED) is 0.787. The Labute approximate surface area is 134 Å². The van der Waals surface area contributed by atoms with Crippen LogP contribution in [0.25, 0.3) is 0 Å². The molecule has 0 aromatic heterocycles. The predicted molar refractivity (Wildman–Crippen MR) is 75.3 cm³/mol. The molecule has 0 aliphatic carbocycles. The molecule has 134 valence electrons. The summed E-state index contributed by atoms with van der Waals surface area (Å²) in [6.45, 7) is 2.42. The minimum atomic E-state index is -4.94. The zero-order valence-electron chi connectivity index (χ0n) is 12.7. The number of anilines is 1. The predicted octanol–water partition coefficient (Wildman–Crippen LogP) is 4.05. The maximum absolute atomic E-state index is 12.8. The number of benzene rings is 1. The first-order chi connectivity index (χ1) is 11.0. The van der Waals surface area contributed by atoms with Crippen LogP contribution in [0.15, 0.2) is 18.2 Å². The molecule has 1 aliphatic rings. The highest BCUT2D eigenvalue weighted by Gasteiger charge is 2.37. The van der Waals surface area contributed by atoms with Gasteiger partial charge in [0.15, 0.2) is 0 Å². The van der Waals surface area contributed by atoms with E-state index in [9.17, 15) is 31.1 Å². The number of carbonyl (C=O) groups excluding carboxylic acids is 1. The van der Waals surface area contributed by atoms with Crippen molar-refractivity contribution in [2.24, 2.45) is 5.92 Å². The number of hydrogen-bond acceptors (Lipinski definition) is 2. The van der Waals surface area contributed by atoms with E-state index < -0.39 is 41.0 Å². The van der Waals surface area contributed by atoms with Gasteiger partial charge in [0.1, 0.15) is 0 Å². The minimum Gasteiger partial charge on any atom is -0.326 e. The number of carbonyl (C=O) groups is 1. The van der Waals surface area contributed by atoms with Crippen LogP contribution < -0.4 is 10.6 Å². The molecular weight excluding hydrogens is 338 g/mol. The molecule has 2 atom stereocenters. The zero-order chi connectivity index (χ0) is 18.1. The Bertz CT molecular complexity index is 579. The summed E-state index contributed by atoms with van der Waals surface area (Å²) in [6.07, 6.45) is -8.94. The zero-order valence-corrected chi connectivity index (χ0v) is 12.7. The molecule has 0 bridgehead atoms. The van der Waals surface area contributed by atoms with E-state index in [1.54, 1.807) is 0 Å². The van der Waals surface area contributed by atoms with Gasteiger partial charge in [0, 0.05) is 17.6 Å². The Balaban J connectivity index is 2.27. The Morgan fingerprint density at radius 3 is 2.08 bits per heavy atom. The number of halogens is 6. The van der Waals surface area contributed by atoms with Crippen molar-refractivity contribution < 1.29 is 31.1 Å². The molecule has 9 heteroatoms. The van der Waals surface area contributed by atoms with Gasteiger partial charge in [0.2, 0.25) is 5.91 Å². The van der Waals surface area contributed by atoms with Crippen molar-refractivity contribution in [2.75, 3.05) is 11.9 Å². The standard InChI is InChI=1S/C15H16F6N2O/c1-8-4-9(2-3-22-8)13(24)23-12-6-10(14(16,17)18)5-11(7-12)15(19,20)21/h5-9,22H,2-4H2,1H3,(H,23,24)/t8-,9-/m0/s1. The van der Waals surface area contributed by atoms with E-state index in [-0.39, 0.29) is 12.1 Å². The van der Waals surface area contributed by atoms with E-state index in [1.165, 1.54) is 0 Å². The summed E-state index contributed by atoms with van der Waals surface area (Å²) in [5.74, 6) is -1.03. The maximum atomic E-state index is 12.8. The van der Waals surface area contributed by atoms with E-state index >= 15 is 0 Å². The first-order valence-electron chi connectivity index (χ1n) is 7.30. The molecule has 2 N–H and O–H groups in total. The topological polar surface area (TPSA) is 41.1 Å². The van der Waals surface area contributed by atoms with E-state index in [1.807, 2.05) is 6.92 Å². The molecule has 2 rings (SSSR count). The summed E-state index contributed by atoms with van der Waals surface area (Å²) in [7, 11) is 0. The van der Waals surface area contributed by atoms with Crippen LogP contribution in [0.5, 0.6) is 0 Å².